The summed E-state index contributed by atoms with van der Waals surface area (Å²) in [4.78, 5) is 21.2. The molecule has 1 aliphatic heterocycles. The summed E-state index contributed by atoms with van der Waals surface area (Å²) in [7, 11) is 0. The molecule has 1 aliphatic carbocycles. The minimum Gasteiger partial charge on any atom is -0.486 e. The highest BCUT2D eigenvalue weighted by molar-refractivity contribution is 7.18. The number of para-hydroxylation sites is 1. The van der Waals surface area contributed by atoms with Crippen LogP contribution in [0.1, 0.15) is 42.3 Å². The van der Waals surface area contributed by atoms with Crippen LogP contribution in [0.3, 0.4) is 0 Å². The van der Waals surface area contributed by atoms with Gasteiger partial charge in [0.15, 0.2) is 0 Å². The molecule has 29 heavy (non-hydrogen) atoms. The van der Waals surface area contributed by atoms with Crippen LogP contribution in [0.5, 0.6) is 5.75 Å². The fourth-order valence-corrected chi connectivity index (χ4v) is 5.12. The predicted octanol–water partition coefficient (Wildman–Crippen LogP) is 4.76. The number of rotatable bonds is 7. The van der Waals surface area contributed by atoms with Crippen molar-refractivity contribution in [1.29, 1.82) is 0 Å². The summed E-state index contributed by atoms with van der Waals surface area (Å²) in [6.07, 6.45) is 3.77. The number of aromatic nitrogens is 1. The number of hydrogen-bond donors (Lipinski definition) is 1. The fourth-order valence-electron chi connectivity index (χ4n) is 4.24. The average molecular weight is 410 g/mol. The topological polar surface area (TPSA) is 75.0 Å². The normalized spacial score (nSPS) is 22.6. The molecule has 2 heterocycles. The molecule has 6 nitrogen and oxygen atoms in total. The summed E-state index contributed by atoms with van der Waals surface area (Å²) >= 11 is 1.64. The van der Waals surface area contributed by atoms with Gasteiger partial charge in [0.1, 0.15) is 17.4 Å². The van der Waals surface area contributed by atoms with Crippen LogP contribution in [0.25, 0.3) is 10.2 Å². The molecule has 1 N–H and O–H groups in total. The first-order chi connectivity index (χ1) is 14.2. The van der Waals surface area contributed by atoms with E-state index in [1.54, 1.807) is 16.4 Å². The van der Waals surface area contributed by atoms with Crippen molar-refractivity contribution in [3.63, 3.8) is 0 Å². The number of hydroxylamine groups is 2. The van der Waals surface area contributed by atoms with E-state index in [0.717, 1.165) is 39.4 Å². The number of thiazole rings is 1. The van der Waals surface area contributed by atoms with Gasteiger partial charge in [-0.05, 0) is 48.6 Å². The summed E-state index contributed by atoms with van der Waals surface area (Å²) in [5.41, 5.74) is 2.07. The summed E-state index contributed by atoms with van der Waals surface area (Å²) in [5.74, 6) is 0.275. The van der Waals surface area contributed by atoms with Gasteiger partial charge in [0.05, 0.1) is 16.3 Å². The predicted molar refractivity (Wildman–Crippen MR) is 109 cm³/mol. The van der Waals surface area contributed by atoms with Crippen molar-refractivity contribution >= 4 is 27.5 Å². The second-order valence-corrected chi connectivity index (χ2v) is 8.69. The Balaban J connectivity index is 1.28. The number of carboxylic acids is 1. The second-order valence-electron chi connectivity index (χ2n) is 7.58. The third-order valence-corrected chi connectivity index (χ3v) is 6.67. The zero-order valence-corrected chi connectivity index (χ0v) is 16.7. The van der Waals surface area contributed by atoms with Crippen LogP contribution in [0, 0.1) is 5.92 Å². The van der Waals surface area contributed by atoms with Crippen molar-refractivity contribution in [3.05, 3.63) is 59.1 Å². The molecule has 2 aliphatic rings. The fraction of sp³-hybridized carbons (Fsp3) is 0.364. The first-order valence-electron chi connectivity index (χ1n) is 9.94. The van der Waals surface area contributed by atoms with E-state index in [1.807, 2.05) is 42.5 Å². The molecule has 2 aromatic carbocycles. The Morgan fingerprint density at radius 1 is 1.21 bits per heavy atom. The summed E-state index contributed by atoms with van der Waals surface area (Å²) in [6, 6.07) is 16.0. The van der Waals surface area contributed by atoms with Gasteiger partial charge in [-0.3, -0.25) is 4.84 Å². The molecule has 0 radical (unpaired) electrons. The monoisotopic (exact) mass is 410 g/mol. The zero-order valence-electron chi connectivity index (χ0n) is 15.9. The maximum atomic E-state index is 11.3. The number of hydrogen-bond acceptors (Lipinski definition) is 6. The van der Waals surface area contributed by atoms with E-state index in [2.05, 4.69) is 11.1 Å². The summed E-state index contributed by atoms with van der Waals surface area (Å²) in [6.45, 7) is 0.432. The maximum Gasteiger partial charge on any atom is 0.352 e. The number of fused-ring (bicyclic) bond motifs is 1. The Bertz CT molecular complexity index is 980. The van der Waals surface area contributed by atoms with Crippen LogP contribution in [-0.4, -0.2) is 27.4 Å². The first-order valence-corrected chi connectivity index (χ1v) is 10.8. The van der Waals surface area contributed by atoms with Gasteiger partial charge in [0.25, 0.3) is 6.23 Å². The standard InChI is InChI=1S/C22H22N2O4S/c25-22(26)21-24(28-21)20(14-5-1-2-6-14)15-9-11-16(12-10-15)27-13-19-23-17-7-3-4-8-18(17)29-19/h3-4,7-12,14,20-21H,1-2,5-6,13H2,(H,25,26)/t20?,21-,24?/m0/s1. The highest BCUT2D eigenvalue weighted by Crippen LogP contribution is 2.45. The number of nitrogens with zero attached hydrogens (tertiary/aromatic N) is 2. The maximum absolute atomic E-state index is 11.3. The van der Waals surface area contributed by atoms with E-state index in [0.29, 0.717) is 12.5 Å². The number of benzene rings is 2. The van der Waals surface area contributed by atoms with Crippen LogP contribution in [0.15, 0.2) is 48.5 Å². The molecule has 1 aromatic heterocycles. The Morgan fingerprint density at radius 3 is 2.66 bits per heavy atom. The first kappa shape index (κ1) is 18.5. The molecule has 3 aromatic rings. The number of carboxylic acid groups (broad SMARTS) is 1. The minimum absolute atomic E-state index is 0.0167. The van der Waals surface area contributed by atoms with E-state index in [1.165, 1.54) is 12.8 Å². The quantitative estimate of drug-likeness (QED) is 0.566. The molecular formula is C22H22N2O4S. The van der Waals surface area contributed by atoms with E-state index >= 15 is 0 Å². The molecule has 7 heteroatoms. The van der Waals surface area contributed by atoms with Crippen molar-refractivity contribution in [1.82, 2.24) is 10.0 Å². The lowest BCUT2D eigenvalue weighted by molar-refractivity contribution is -0.138. The number of aliphatic carboxylic acids is 1. The molecule has 0 amide bonds. The Kier molecular flexibility index (Phi) is 4.95. The van der Waals surface area contributed by atoms with Gasteiger partial charge in [-0.2, -0.15) is 0 Å². The average Bonchev–Trinajstić information content (AvgIpc) is 3.13. The van der Waals surface area contributed by atoms with Gasteiger partial charge >= 0.3 is 5.97 Å². The lowest BCUT2D eigenvalue weighted by Gasteiger charge is -2.23. The minimum atomic E-state index is -0.927. The number of ether oxygens (including phenoxy) is 1. The third-order valence-electron chi connectivity index (χ3n) is 5.66. The summed E-state index contributed by atoms with van der Waals surface area (Å²) in [5, 5.41) is 11.8. The van der Waals surface area contributed by atoms with Gasteiger partial charge in [-0.25, -0.2) is 9.78 Å². The molecule has 0 bridgehead atoms. The van der Waals surface area contributed by atoms with Gasteiger partial charge < -0.3 is 9.84 Å². The highest BCUT2D eigenvalue weighted by Gasteiger charge is 2.51. The van der Waals surface area contributed by atoms with E-state index in [9.17, 15) is 9.90 Å². The molecule has 1 saturated carbocycles. The second kappa shape index (κ2) is 7.74. The van der Waals surface area contributed by atoms with Crippen LogP contribution >= 0.6 is 11.3 Å². The summed E-state index contributed by atoms with van der Waals surface area (Å²) < 4.78 is 7.09. The molecule has 5 rings (SSSR count). The third kappa shape index (κ3) is 3.85. The Hall–Kier alpha value is -2.48. The molecule has 2 unspecified atom stereocenters. The van der Waals surface area contributed by atoms with Crippen molar-refractivity contribution in [2.75, 3.05) is 0 Å². The van der Waals surface area contributed by atoms with Gasteiger partial charge in [0, 0.05) is 0 Å². The van der Waals surface area contributed by atoms with E-state index in [-0.39, 0.29) is 6.04 Å². The van der Waals surface area contributed by atoms with Gasteiger partial charge in [-0.1, -0.05) is 37.1 Å². The SMILES string of the molecule is O=C(O)[C@@H]1ON1C(c1ccc(OCc2nc3ccccc3s2)cc1)C1CCCC1. The van der Waals surface area contributed by atoms with Crippen LogP contribution < -0.4 is 4.74 Å². The smallest absolute Gasteiger partial charge is 0.352 e. The molecular weight excluding hydrogens is 388 g/mol. The molecule has 150 valence electrons. The van der Waals surface area contributed by atoms with Gasteiger partial charge in [0.2, 0.25) is 0 Å². The Labute approximate surface area is 172 Å². The van der Waals surface area contributed by atoms with Gasteiger partial charge in [-0.15, -0.1) is 16.4 Å². The van der Waals surface area contributed by atoms with Crippen molar-refractivity contribution in [2.24, 2.45) is 5.92 Å². The van der Waals surface area contributed by atoms with E-state index in [4.69, 9.17) is 9.57 Å². The molecule has 0 spiro atoms. The largest absolute Gasteiger partial charge is 0.486 e. The highest BCUT2D eigenvalue weighted by atomic mass is 32.1. The van der Waals surface area contributed by atoms with E-state index < -0.39 is 12.2 Å². The molecule has 3 atom stereocenters. The lowest BCUT2D eigenvalue weighted by Crippen LogP contribution is -2.22. The van der Waals surface area contributed by atoms with Crippen LogP contribution in [0.4, 0.5) is 0 Å². The lowest BCUT2D eigenvalue weighted by atomic mass is 9.91. The van der Waals surface area contributed by atoms with Crippen molar-refractivity contribution in [3.8, 4) is 5.75 Å². The number of carbonyl (C=O) groups is 1. The Morgan fingerprint density at radius 2 is 1.97 bits per heavy atom. The van der Waals surface area contributed by atoms with Crippen molar-refractivity contribution < 1.29 is 19.5 Å². The molecule has 1 saturated heterocycles. The van der Waals surface area contributed by atoms with Crippen LogP contribution in [-0.2, 0) is 16.2 Å². The zero-order chi connectivity index (χ0) is 19.8. The van der Waals surface area contributed by atoms with Crippen LogP contribution in [0.2, 0.25) is 0 Å². The van der Waals surface area contributed by atoms with Crippen molar-refractivity contribution in [2.45, 2.75) is 44.6 Å². The molecule has 2 fully saturated rings.